The summed E-state index contributed by atoms with van der Waals surface area (Å²) in [6.45, 7) is 10.7. The molecule has 5 atom stereocenters. The van der Waals surface area contributed by atoms with Crippen molar-refractivity contribution in [2.75, 3.05) is 6.61 Å². The number of benzene rings is 2. The first kappa shape index (κ1) is 22.3. The number of fused-ring (bicyclic) bond motifs is 1. The van der Waals surface area contributed by atoms with Gasteiger partial charge in [0.25, 0.3) is 8.32 Å². The molecule has 1 saturated carbocycles. The van der Waals surface area contributed by atoms with E-state index in [-0.39, 0.29) is 29.8 Å². The molecule has 0 amide bonds. The number of rotatable bonds is 5. The molecule has 3 aliphatic rings. The van der Waals surface area contributed by atoms with Crippen LogP contribution in [0.2, 0.25) is 5.04 Å². The van der Waals surface area contributed by atoms with E-state index in [0.29, 0.717) is 0 Å². The molecule has 1 unspecified atom stereocenters. The minimum absolute atomic E-state index is 0.0339. The largest absolute Gasteiger partial charge is 0.399 e. The first-order valence-electron chi connectivity index (χ1n) is 11.6. The predicted octanol–water partition coefficient (Wildman–Crippen LogP) is 3.19. The molecule has 6 heteroatoms. The van der Waals surface area contributed by atoms with Gasteiger partial charge in [-0.05, 0) is 35.7 Å². The first-order chi connectivity index (χ1) is 15.1. The highest BCUT2D eigenvalue weighted by atomic mass is 28.4. The van der Waals surface area contributed by atoms with Crippen LogP contribution in [0.3, 0.4) is 0 Å². The molecule has 3 fully saturated rings. The lowest BCUT2D eigenvalue weighted by Crippen LogP contribution is -2.69. The molecule has 2 aliphatic heterocycles. The van der Waals surface area contributed by atoms with Crippen LogP contribution in [0.4, 0.5) is 0 Å². The van der Waals surface area contributed by atoms with Gasteiger partial charge in [0.15, 0.2) is 12.1 Å². The molecular weight excluding hydrogens is 420 g/mol. The van der Waals surface area contributed by atoms with Crippen LogP contribution in [0, 0.1) is 5.92 Å². The molecule has 1 N–H and O–H groups in total. The van der Waals surface area contributed by atoms with Crippen molar-refractivity contribution in [3.63, 3.8) is 0 Å². The average molecular weight is 455 g/mol. The maximum atomic E-state index is 10.0. The fourth-order valence-corrected chi connectivity index (χ4v) is 10.4. The highest BCUT2D eigenvalue weighted by Gasteiger charge is 2.74. The summed E-state index contributed by atoms with van der Waals surface area (Å²) in [5.74, 6) is -0.695. The van der Waals surface area contributed by atoms with Gasteiger partial charge in [0, 0.05) is 12.5 Å². The van der Waals surface area contributed by atoms with Gasteiger partial charge in [-0.15, -0.1) is 0 Å². The van der Waals surface area contributed by atoms with E-state index in [0.717, 1.165) is 6.42 Å². The molecule has 2 aromatic rings. The molecule has 1 spiro atoms. The Hall–Kier alpha value is -1.54. The maximum Gasteiger partial charge on any atom is 0.261 e. The van der Waals surface area contributed by atoms with Crippen LogP contribution >= 0.6 is 0 Å². The quantitative estimate of drug-likeness (QED) is 0.704. The molecule has 5 nitrogen and oxygen atoms in total. The Bertz CT molecular complexity index is 918. The van der Waals surface area contributed by atoms with Gasteiger partial charge in [-0.1, -0.05) is 81.4 Å². The van der Waals surface area contributed by atoms with Gasteiger partial charge < -0.3 is 23.7 Å². The zero-order chi connectivity index (χ0) is 22.8. The summed E-state index contributed by atoms with van der Waals surface area (Å²) < 4.78 is 26.4. The second kappa shape index (κ2) is 7.48. The molecule has 32 heavy (non-hydrogen) atoms. The normalized spacial score (nSPS) is 33.4. The van der Waals surface area contributed by atoms with Crippen LogP contribution in [0.15, 0.2) is 60.7 Å². The Kier molecular flexibility index (Phi) is 5.21. The molecule has 0 bridgehead atoms. The Morgan fingerprint density at radius 2 is 1.50 bits per heavy atom. The van der Waals surface area contributed by atoms with Gasteiger partial charge in [0.05, 0.1) is 0 Å². The third-order valence-electron chi connectivity index (χ3n) is 7.24. The van der Waals surface area contributed by atoms with Crippen LogP contribution in [0.1, 0.15) is 41.0 Å². The molecule has 2 aromatic carbocycles. The van der Waals surface area contributed by atoms with Crippen LogP contribution in [0.25, 0.3) is 0 Å². The number of hydrogen-bond acceptors (Lipinski definition) is 5. The maximum absolute atomic E-state index is 10.0. The van der Waals surface area contributed by atoms with E-state index >= 15 is 0 Å². The van der Waals surface area contributed by atoms with Crippen molar-refractivity contribution in [3.05, 3.63) is 60.7 Å². The van der Waals surface area contributed by atoms with E-state index < -0.39 is 26.0 Å². The van der Waals surface area contributed by atoms with Gasteiger partial charge >= 0.3 is 0 Å². The average Bonchev–Trinajstić information content (AvgIpc) is 3.28. The zero-order valence-electron chi connectivity index (χ0n) is 19.6. The lowest BCUT2D eigenvalue weighted by atomic mass is 10.1. The van der Waals surface area contributed by atoms with E-state index in [2.05, 4.69) is 69.3 Å². The van der Waals surface area contributed by atoms with Crippen molar-refractivity contribution in [2.24, 2.45) is 5.92 Å². The summed E-state index contributed by atoms with van der Waals surface area (Å²) in [5, 5.41) is 12.3. The van der Waals surface area contributed by atoms with Crippen molar-refractivity contribution in [3.8, 4) is 0 Å². The van der Waals surface area contributed by atoms with Crippen molar-refractivity contribution in [1.82, 2.24) is 0 Å². The van der Waals surface area contributed by atoms with Gasteiger partial charge in [0.1, 0.15) is 17.8 Å². The SMILES string of the molecule is CC1(C)OC2[C@@H](O1)O[C@@]1(C[C@H]1CO)[C@@H]2O[Si](c1ccccc1)(c1ccccc1)C(C)(C)C. The summed E-state index contributed by atoms with van der Waals surface area (Å²) >= 11 is 0. The molecule has 5 rings (SSSR count). The van der Waals surface area contributed by atoms with Gasteiger partial charge in [-0.3, -0.25) is 0 Å². The summed E-state index contributed by atoms with van der Waals surface area (Å²) in [6, 6.07) is 21.2. The minimum atomic E-state index is -2.81. The topological polar surface area (TPSA) is 57.2 Å². The smallest absolute Gasteiger partial charge is 0.261 e. The summed E-state index contributed by atoms with van der Waals surface area (Å²) in [7, 11) is -2.81. The van der Waals surface area contributed by atoms with Crippen molar-refractivity contribution >= 4 is 18.7 Å². The van der Waals surface area contributed by atoms with Crippen LogP contribution in [-0.4, -0.2) is 49.9 Å². The second-order valence-electron chi connectivity index (χ2n) is 10.8. The van der Waals surface area contributed by atoms with Gasteiger partial charge in [-0.2, -0.15) is 0 Å². The Morgan fingerprint density at radius 1 is 0.938 bits per heavy atom. The number of ether oxygens (including phenoxy) is 3. The van der Waals surface area contributed by atoms with Crippen molar-refractivity contribution in [2.45, 2.75) is 76.0 Å². The van der Waals surface area contributed by atoms with Crippen LogP contribution < -0.4 is 10.4 Å². The van der Waals surface area contributed by atoms with E-state index in [9.17, 15) is 5.11 Å². The molecule has 172 valence electrons. The first-order valence-corrected chi connectivity index (χ1v) is 13.5. The summed E-state index contributed by atoms with van der Waals surface area (Å²) in [5.41, 5.74) is -0.562. The second-order valence-corrected chi connectivity index (χ2v) is 15.1. The van der Waals surface area contributed by atoms with E-state index in [1.165, 1.54) is 10.4 Å². The van der Waals surface area contributed by atoms with Crippen LogP contribution in [-0.2, 0) is 18.6 Å². The highest BCUT2D eigenvalue weighted by Crippen LogP contribution is 2.60. The Morgan fingerprint density at radius 3 is 1.97 bits per heavy atom. The molecular formula is C26H34O5Si. The lowest BCUT2D eigenvalue weighted by Gasteiger charge is -2.46. The molecule has 2 saturated heterocycles. The van der Waals surface area contributed by atoms with Crippen molar-refractivity contribution in [1.29, 1.82) is 0 Å². The number of aliphatic hydroxyl groups is 1. The minimum Gasteiger partial charge on any atom is -0.399 e. The molecule has 2 heterocycles. The highest BCUT2D eigenvalue weighted by molar-refractivity contribution is 6.99. The van der Waals surface area contributed by atoms with E-state index in [4.69, 9.17) is 18.6 Å². The Labute approximate surface area is 191 Å². The van der Waals surface area contributed by atoms with Crippen molar-refractivity contribution < 1.29 is 23.7 Å². The fraction of sp³-hybridized carbons (Fsp3) is 0.538. The van der Waals surface area contributed by atoms with E-state index in [1.54, 1.807) is 0 Å². The summed E-state index contributed by atoms with van der Waals surface area (Å²) in [4.78, 5) is 0. The fourth-order valence-electron chi connectivity index (χ4n) is 5.70. The predicted molar refractivity (Wildman–Crippen MR) is 125 cm³/mol. The lowest BCUT2D eigenvalue weighted by molar-refractivity contribution is -0.221. The molecule has 0 radical (unpaired) electrons. The molecule has 0 aromatic heterocycles. The Balaban J connectivity index is 1.66. The van der Waals surface area contributed by atoms with E-state index in [1.807, 2.05) is 26.0 Å². The third-order valence-corrected chi connectivity index (χ3v) is 12.3. The summed E-state index contributed by atoms with van der Waals surface area (Å²) in [6.07, 6.45) is -0.377. The monoisotopic (exact) mass is 454 g/mol. The van der Waals surface area contributed by atoms with Gasteiger partial charge in [0.2, 0.25) is 0 Å². The third kappa shape index (κ3) is 3.31. The van der Waals surface area contributed by atoms with Crippen LogP contribution in [0.5, 0.6) is 0 Å². The standard InChI is InChI=1S/C26H34O5Si/c1-24(2,3)32(19-12-8-6-9-13-19,20-14-10-7-11-15-20)31-22-21-23(29-25(4,5)28-21)30-26(22)16-18(26)17-27/h6-15,18,21-23,27H,16-17H2,1-5H3/t18-,21?,22+,23-,26+/m0/s1. The zero-order valence-corrected chi connectivity index (χ0v) is 20.6. The molecule has 1 aliphatic carbocycles. The number of aliphatic hydroxyl groups excluding tert-OH is 1. The van der Waals surface area contributed by atoms with Gasteiger partial charge in [-0.25, -0.2) is 0 Å². The number of hydrogen-bond donors (Lipinski definition) is 1.